The average Bonchev–Trinajstić information content (AvgIpc) is 3.42. The van der Waals surface area contributed by atoms with Crippen molar-refractivity contribution < 1.29 is 17.6 Å². The summed E-state index contributed by atoms with van der Waals surface area (Å²) in [5.74, 6) is -1.81. The van der Waals surface area contributed by atoms with Gasteiger partial charge in [-0.25, -0.2) is 22.5 Å². The number of aromatic nitrogens is 5. The highest BCUT2D eigenvalue weighted by atomic mass is 32.2. The molecule has 0 atom stereocenters. The highest BCUT2D eigenvalue weighted by molar-refractivity contribution is 7.90. The van der Waals surface area contributed by atoms with Crippen LogP contribution < -0.4 is 0 Å². The molecule has 1 saturated heterocycles. The molecule has 4 heterocycles. The monoisotopic (exact) mass is 508 g/mol. The number of hydrogen-bond donors (Lipinski definition) is 0. The third-order valence-corrected chi connectivity index (χ3v) is 7.22. The SMILES string of the molecule is C=C(F)C(=O)N1CC(c2nn(-c3ccc(C)cc3)c3nccc(-c4cnn(CCS(C)(=O)=O)c4)c23)C1. The number of likely N-dealkylation sites (tertiary alicyclic amines) is 1. The van der Waals surface area contributed by atoms with Gasteiger partial charge in [-0.15, -0.1) is 0 Å². The maximum absolute atomic E-state index is 13.4. The molecule has 186 valence electrons. The first-order chi connectivity index (χ1) is 17.1. The topological polar surface area (TPSA) is 103 Å². The van der Waals surface area contributed by atoms with Gasteiger partial charge in [0.15, 0.2) is 11.5 Å². The number of rotatable bonds is 7. The van der Waals surface area contributed by atoms with Gasteiger partial charge in [-0.2, -0.15) is 10.2 Å². The molecule has 4 aromatic rings. The first-order valence-electron chi connectivity index (χ1n) is 11.4. The number of sulfone groups is 1. The summed E-state index contributed by atoms with van der Waals surface area (Å²) in [6.07, 6.45) is 6.39. The highest BCUT2D eigenvalue weighted by Gasteiger charge is 2.37. The predicted octanol–water partition coefficient (Wildman–Crippen LogP) is 3.05. The maximum Gasteiger partial charge on any atom is 0.282 e. The van der Waals surface area contributed by atoms with Gasteiger partial charge in [0.05, 0.1) is 35.3 Å². The highest BCUT2D eigenvalue weighted by Crippen LogP contribution is 2.38. The quantitative estimate of drug-likeness (QED) is 0.356. The summed E-state index contributed by atoms with van der Waals surface area (Å²) in [6, 6.07) is 9.79. The van der Waals surface area contributed by atoms with E-state index >= 15 is 0 Å². The van der Waals surface area contributed by atoms with Crippen LogP contribution >= 0.6 is 0 Å². The molecule has 11 heteroatoms. The van der Waals surface area contributed by atoms with Crippen molar-refractivity contribution in [2.24, 2.45) is 0 Å². The van der Waals surface area contributed by atoms with E-state index in [-0.39, 0.29) is 18.2 Å². The molecule has 1 aliphatic heterocycles. The van der Waals surface area contributed by atoms with E-state index in [1.807, 2.05) is 37.3 Å². The molecule has 0 unspecified atom stereocenters. The van der Waals surface area contributed by atoms with Gasteiger partial charge < -0.3 is 4.90 Å². The molecule has 0 bridgehead atoms. The van der Waals surface area contributed by atoms with Crippen molar-refractivity contribution in [1.29, 1.82) is 0 Å². The lowest BCUT2D eigenvalue weighted by Gasteiger charge is -2.38. The molecule has 0 spiro atoms. The van der Waals surface area contributed by atoms with Crippen LogP contribution in [0, 0.1) is 6.92 Å². The van der Waals surface area contributed by atoms with E-state index in [9.17, 15) is 17.6 Å². The van der Waals surface area contributed by atoms with Crippen molar-refractivity contribution in [3.63, 3.8) is 0 Å². The van der Waals surface area contributed by atoms with Gasteiger partial charge in [0.1, 0.15) is 9.84 Å². The molecular weight excluding hydrogens is 483 g/mol. The molecule has 36 heavy (non-hydrogen) atoms. The van der Waals surface area contributed by atoms with E-state index in [0.29, 0.717) is 18.7 Å². The molecule has 3 aromatic heterocycles. The van der Waals surface area contributed by atoms with Crippen LogP contribution in [0.3, 0.4) is 0 Å². The molecule has 0 aliphatic carbocycles. The minimum absolute atomic E-state index is 0.0116. The summed E-state index contributed by atoms with van der Waals surface area (Å²) in [5.41, 5.74) is 5.00. The molecule has 0 radical (unpaired) electrons. The van der Waals surface area contributed by atoms with Gasteiger partial charge in [0.25, 0.3) is 5.91 Å². The summed E-state index contributed by atoms with van der Waals surface area (Å²) in [7, 11) is -3.12. The summed E-state index contributed by atoms with van der Waals surface area (Å²) in [5, 5.41) is 10.1. The fourth-order valence-electron chi connectivity index (χ4n) is 4.33. The average molecular weight is 509 g/mol. The van der Waals surface area contributed by atoms with Crippen LogP contribution in [-0.4, -0.2) is 68.9 Å². The van der Waals surface area contributed by atoms with Crippen molar-refractivity contribution in [2.75, 3.05) is 25.1 Å². The Morgan fingerprint density at radius 3 is 2.58 bits per heavy atom. The number of aryl methyl sites for hydroxylation is 2. The third-order valence-electron chi connectivity index (χ3n) is 6.30. The van der Waals surface area contributed by atoms with Crippen LogP contribution in [0.15, 0.2) is 61.3 Å². The van der Waals surface area contributed by atoms with Crippen LogP contribution in [0.25, 0.3) is 27.8 Å². The largest absolute Gasteiger partial charge is 0.335 e. The Morgan fingerprint density at radius 1 is 1.19 bits per heavy atom. The van der Waals surface area contributed by atoms with Crippen LogP contribution in [0.5, 0.6) is 0 Å². The fraction of sp³-hybridized carbons (Fsp3) is 0.280. The molecule has 9 nitrogen and oxygen atoms in total. The standard InChI is InChI=1S/C25H25FN6O3S/c1-16-4-6-20(7-5-16)32-24-22(23(29-32)19-13-30(14-19)25(33)17(2)26)21(8-9-27-24)18-12-28-31(15-18)10-11-36(3,34)35/h4-9,12,15,19H,2,10-11,13-14H2,1,3H3. The minimum atomic E-state index is -3.12. The van der Waals surface area contributed by atoms with E-state index in [1.54, 1.807) is 28.0 Å². The fourth-order valence-corrected chi connectivity index (χ4v) is 4.85. The Balaban J connectivity index is 1.59. The minimum Gasteiger partial charge on any atom is -0.335 e. The van der Waals surface area contributed by atoms with Gasteiger partial charge in [0.2, 0.25) is 0 Å². The molecule has 1 fully saturated rings. The lowest BCUT2D eigenvalue weighted by Crippen LogP contribution is -2.48. The van der Waals surface area contributed by atoms with E-state index in [0.717, 1.165) is 33.5 Å². The van der Waals surface area contributed by atoms with Gasteiger partial charge in [-0.05, 0) is 30.7 Å². The number of nitrogens with zero attached hydrogens (tertiary/aromatic N) is 6. The lowest BCUT2D eigenvalue weighted by atomic mass is 9.92. The van der Waals surface area contributed by atoms with Gasteiger partial charge in [-0.1, -0.05) is 24.3 Å². The Bertz CT molecular complexity index is 1580. The Morgan fingerprint density at radius 2 is 1.92 bits per heavy atom. The number of fused-ring (bicyclic) bond motifs is 1. The van der Waals surface area contributed by atoms with Crippen LogP contribution in [0.4, 0.5) is 4.39 Å². The first kappa shape index (κ1) is 23.9. The van der Waals surface area contributed by atoms with Crippen molar-refractivity contribution >= 4 is 26.8 Å². The predicted molar refractivity (Wildman–Crippen MR) is 134 cm³/mol. The van der Waals surface area contributed by atoms with Crippen LogP contribution in [-0.2, 0) is 21.2 Å². The zero-order valence-corrected chi connectivity index (χ0v) is 20.7. The van der Waals surface area contributed by atoms with Crippen molar-refractivity contribution in [2.45, 2.75) is 19.4 Å². The summed E-state index contributed by atoms with van der Waals surface area (Å²) in [4.78, 5) is 18.0. The summed E-state index contributed by atoms with van der Waals surface area (Å²) >= 11 is 0. The van der Waals surface area contributed by atoms with E-state index in [4.69, 9.17) is 5.10 Å². The van der Waals surface area contributed by atoms with Crippen LogP contribution in [0.1, 0.15) is 17.2 Å². The number of carbonyl (C=O) groups excluding carboxylic acids is 1. The zero-order valence-electron chi connectivity index (χ0n) is 19.9. The Hall–Kier alpha value is -3.86. The normalized spacial score (nSPS) is 14.2. The molecular formula is C25H25FN6O3S. The number of carbonyl (C=O) groups is 1. The molecule has 1 aromatic carbocycles. The molecule has 1 aliphatic rings. The second-order valence-electron chi connectivity index (χ2n) is 9.12. The first-order valence-corrected chi connectivity index (χ1v) is 13.5. The van der Waals surface area contributed by atoms with Crippen molar-refractivity contribution in [3.8, 4) is 16.8 Å². The zero-order chi connectivity index (χ0) is 25.6. The Kier molecular flexibility index (Phi) is 5.95. The van der Waals surface area contributed by atoms with E-state index < -0.39 is 21.6 Å². The van der Waals surface area contributed by atoms with E-state index in [2.05, 4.69) is 16.7 Å². The Labute approximate surface area is 207 Å². The summed E-state index contributed by atoms with van der Waals surface area (Å²) in [6.45, 7) is 6.01. The van der Waals surface area contributed by atoms with Crippen molar-refractivity contribution in [1.82, 2.24) is 29.4 Å². The van der Waals surface area contributed by atoms with Gasteiger partial charge >= 0.3 is 0 Å². The number of amides is 1. The molecule has 0 N–H and O–H groups in total. The van der Waals surface area contributed by atoms with E-state index in [1.165, 1.54) is 11.2 Å². The van der Waals surface area contributed by atoms with Gasteiger partial charge in [-0.3, -0.25) is 9.48 Å². The maximum atomic E-state index is 13.4. The molecule has 1 amide bonds. The number of pyridine rings is 1. The number of benzene rings is 1. The third kappa shape index (κ3) is 4.53. The second-order valence-corrected chi connectivity index (χ2v) is 11.4. The molecule has 5 rings (SSSR count). The van der Waals surface area contributed by atoms with Gasteiger partial charge in [0, 0.05) is 43.2 Å². The smallest absolute Gasteiger partial charge is 0.282 e. The van der Waals surface area contributed by atoms with Crippen LogP contribution in [0.2, 0.25) is 0 Å². The lowest BCUT2D eigenvalue weighted by molar-refractivity contribution is -0.133. The summed E-state index contributed by atoms with van der Waals surface area (Å²) < 4.78 is 39.9. The number of hydrogen-bond acceptors (Lipinski definition) is 6. The molecule has 0 saturated carbocycles. The second kappa shape index (κ2) is 8.98. The van der Waals surface area contributed by atoms with Crippen molar-refractivity contribution in [3.05, 3.63) is 72.6 Å². The number of halogens is 1.